The second-order valence-electron chi connectivity index (χ2n) is 7.31. The van der Waals surface area contributed by atoms with Crippen molar-refractivity contribution in [2.24, 2.45) is 11.3 Å². The first-order valence-corrected chi connectivity index (χ1v) is 8.79. The minimum Gasteiger partial charge on any atom is -0.481 e. The van der Waals surface area contributed by atoms with E-state index in [-0.39, 0.29) is 44.9 Å². The van der Waals surface area contributed by atoms with E-state index >= 15 is 0 Å². The van der Waals surface area contributed by atoms with Crippen molar-refractivity contribution in [3.8, 4) is 0 Å². The zero-order valence-corrected chi connectivity index (χ0v) is 16.3. The average molecular weight is 401 g/mol. The Morgan fingerprint density at radius 2 is 1.25 bits per heavy atom. The molecule has 0 aliphatic carbocycles. The van der Waals surface area contributed by atoms with Gasteiger partial charge in [-0.2, -0.15) is 0 Å². The molecule has 0 amide bonds. The smallest absolute Gasteiger partial charge is 0.317 e. The second-order valence-corrected chi connectivity index (χ2v) is 7.31. The molecule has 0 heterocycles. The molecule has 0 rings (SSSR count). The van der Waals surface area contributed by atoms with Crippen LogP contribution in [-0.4, -0.2) is 46.0 Å². The van der Waals surface area contributed by atoms with E-state index < -0.39 is 47.1 Å². The summed E-state index contributed by atoms with van der Waals surface area (Å²) in [7, 11) is 0. The third-order valence-corrected chi connectivity index (χ3v) is 3.71. The number of carboxylic acid groups (broad SMARTS) is 2. The molecule has 10 heteroatoms. The van der Waals surface area contributed by atoms with Crippen LogP contribution in [0.15, 0.2) is 0 Å². The summed E-state index contributed by atoms with van der Waals surface area (Å²) < 4.78 is 9.54. The van der Waals surface area contributed by atoms with Crippen LogP contribution in [0.5, 0.6) is 0 Å². The highest BCUT2D eigenvalue weighted by molar-refractivity contribution is 5.92. The summed E-state index contributed by atoms with van der Waals surface area (Å²) in [5.74, 6) is -6.09. The fourth-order valence-corrected chi connectivity index (χ4v) is 2.16. The number of hydrogen-bond acceptors (Lipinski definition) is 8. The van der Waals surface area contributed by atoms with Crippen molar-refractivity contribution >= 4 is 35.7 Å². The van der Waals surface area contributed by atoms with E-state index in [2.05, 4.69) is 0 Å². The van der Waals surface area contributed by atoms with Gasteiger partial charge in [-0.05, 0) is 18.3 Å². The number of carboxylic acids is 2. The van der Waals surface area contributed by atoms with Crippen LogP contribution in [0, 0.1) is 16.7 Å². The van der Waals surface area contributed by atoms with Crippen molar-refractivity contribution < 1.29 is 43.7 Å². The predicted molar refractivity (Wildman–Crippen MR) is 95.5 cm³/mol. The number of esters is 3. The molecule has 0 spiro atoms. The van der Waals surface area contributed by atoms with E-state index in [4.69, 9.17) is 25.1 Å². The summed E-state index contributed by atoms with van der Waals surface area (Å²) >= 11 is 0. The Bertz CT molecular complexity index is 619. The van der Waals surface area contributed by atoms with Crippen molar-refractivity contribution in [2.75, 3.05) is 0 Å². The lowest BCUT2D eigenvalue weighted by Crippen LogP contribution is -2.34. The molecule has 28 heavy (non-hydrogen) atoms. The number of aliphatic carboxylic acids is 2. The van der Waals surface area contributed by atoms with Crippen molar-refractivity contribution in [1.29, 1.82) is 5.41 Å². The first-order valence-electron chi connectivity index (χ1n) is 8.79. The molecule has 0 saturated carbocycles. The Labute approximate surface area is 162 Å². The molecule has 0 aromatic rings. The maximum atomic E-state index is 12.3. The highest BCUT2D eigenvalue weighted by atomic mass is 16.6. The summed E-state index contributed by atoms with van der Waals surface area (Å²) in [5, 5.41) is 24.8. The van der Waals surface area contributed by atoms with Gasteiger partial charge in [0.15, 0.2) is 5.90 Å². The minimum atomic E-state index is -1.06. The van der Waals surface area contributed by atoms with Crippen LogP contribution in [0.25, 0.3) is 0 Å². The van der Waals surface area contributed by atoms with Crippen LogP contribution in [0.4, 0.5) is 0 Å². The Balaban J connectivity index is 4.69. The number of ether oxygens (including phenoxy) is 2. The van der Waals surface area contributed by atoms with E-state index in [1.807, 2.05) is 0 Å². The van der Waals surface area contributed by atoms with Gasteiger partial charge in [0, 0.05) is 32.1 Å². The van der Waals surface area contributed by atoms with Crippen LogP contribution in [0.1, 0.15) is 65.7 Å². The Hall–Kier alpha value is -2.78. The number of carbonyl (C=O) groups is 5. The predicted octanol–water partition coefficient (Wildman–Crippen LogP) is 2.14. The fourth-order valence-electron chi connectivity index (χ4n) is 2.16. The standard InChI is InChI=1S/C18H27NO9/c1-18(2,3)11(17(26)28-16(25)9-5-7-14(22)23)10-12(19)27-15(24)8-4-6-13(20)21/h11,19H,4-10H2,1-3H3,(H,20,21)(H,22,23). The van der Waals surface area contributed by atoms with Crippen LogP contribution in [-0.2, 0) is 33.4 Å². The number of nitrogens with one attached hydrogen (secondary N) is 1. The molecule has 0 aromatic carbocycles. The molecule has 3 N–H and O–H groups in total. The SMILES string of the molecule is CC(C)(C)C(CC(=N)OC(=O)CCCC(=O)O)C(=O)OC(=O)CCCC(=O)O. The van der Waals surface area contributed by atoms with Crippen molar-refractivity contribution in [3.05, 3.63) is 0 Å². The number of rotatable bonds is 11. The lowest BCUT2D eigenvalue weighted by molar-refractivity contribution is -0.165. The lowest BCUT2D eigenvalue weighted by Gasteiger charge is -2.28. The van der Waals surface area contributed by atoms with Crippen LogP contribution in [0.3, 0.4) is 0 Å². The first kappa shape index (κ1) is 25.2. The van der Waals surface area contributed by atoms with Gasteiger partial charge in [-0.15, -0.1) is 0 Å². The van der Waals surface area contributed by atoms with Crippen LogP contribution < -0.4 is 0 Å². The fraction of sp³-hybridized carbons (Fsp3) is 0.667. The van der Waals surface area contributed by atoms with E-state index in [9.17, 15) is 24.0 Å². The average Bonchev–Trinajstić information content (AvgIpc) is 2.50. The quantitative estimate of drug-likeness (QED) is 0.203. The third-order valence-electron chi connectivity index (χ3n) is 3.71. The molecule has 1 unspecified atom stereocenters. The largest absolute Gasteiger partial charge is 0.481 e. The molecule has 0 aliphatic rings. The van der Waals surface area contributed by atoms with Gasteiger partial charge in [0.1, 0.15) is 0 Å². The van der Waals surface area contributed by atoms with Gasteiger partial charge >= 0.3 is 29.8 Å². The lowest BCUT2D eigenvalue weighted by atomic mass is 9.78. The molecule has 10 nitrogen and oxygen atoms in total. The van der Waals surface area contributed by atoms with Gasteiger partial charge in [-0.3, -0.25) is 29.4 Å². The zero-order chi connectivity index (χ0) is 21.9. The maximum Gasteiger partial charge on any atom is 0.317 e. The van der Waals surface area contributed by atoms with Gasteiger partial charge in [0.2, 0.25) is 0 Å². The third kappa shape index (κ3) is 11.8. The van der Waals surface area contributed by atoms with E-state index in [1.165, 1.54) is 0 Å². The van der Waals surface area contributed by atoms with E-state index in [1.54, 1.807) is 20.8 Å². The van der Waals surface area contributed by atoms with Gasteiger partial charge in [0.05, 0.1) is 5.92 Å². The zero-order valence-electron chi connectivity index (χ0n) is 16.3. The number of hydrogen-bond donors (Lipinski definition) is 3. The van der Waals surface area contributed by atoms with Crippen molar-refractivity contribution in [2.45, 2.75) is 65.7 Å². The Morgan fingerprint density at radius 3 is 1.64 bits per heavy atom. The molecule has 0 radical (unpaired) electrons. The van der Waals surface area contributed by atoms with Crippen molar-refractivity contribution in [1.82, 2.24) is 0 Å². The highest BCUT2D eigenvalue weighted by Crippen LogP contribution is 2.30. The summed E-state index contributed by atoms with van der Waals surface area (Å²) in [6, 6.07) is 0. The van der Waals surface area contributed by atoms with Gasteiger partial charge in [0.25, 0.3) is 0 Å². The Morgan fingerprint density at radius 1 is 0.821 bits per heavy atom. The summed E-state index contributed by atoms with van der Waals surface area (Å²) in [6.45, 7) is 5.07. The van der Waals surface area contributed by atoms with Crippen LogP contribution in [0.2, 0.25) is 0 Å². The molecular weight excluding hydrogens is 374 g/mol. The Kier molecular flexibility index (Phi) is 10.7. The molecule has 0 bridgehead atoms. The molecule has 0 aromatic heterocycles. The molecule has 1 atom stereocenters. The summed E-state index contributed by atoms with van der Waals surface area (Å²) in [4.78, 5) is 56.5. The second kappa shape index (κ2) is 11.8. The molecule has 0 fully saturated rings. The van der Waals surface area contributed by atoms with E-state index in [0.717, 1.165) is 0 Å². The van der Waals surface area contributed by atoms with Crippen molar-refractivity contribution in [3.63, 3.8) is 0 Å². The number of carbonyl (C=O) groups excluding carboxylic acids is 3. The monoisotopic (exact) mass is 401 g/mol. The van der Waals surface area contributed by atoms with Gasteiger partial charge in [-0.1, -0.05) is 20.8 Å². The topological polar surface area (TPSA) is 168 Å². The van der Waals surface area contributed by atoms with Gasteiger partial charge < -0.3 is 19.7 Å². The summed E-state index contributed by atoms with van der Waals surface area (Å²) in [5.41, 5.74) is -0.708. The summed E-state index contributed by atoms with van der Waals surface area (Å²) in [6.07, 6.45) is -1.03. The minimum absolute atomic E-state index is 0.0331. The molecule has 0 saturated heterocycles. The normalized spacial score (nSPS) is 12.0. The molecular formula is C18H27NO9. The first-order chi connectivity index (χ1) is 12.8. The van der Waals surface area contributed by atoms with Crippen LogP contribution >= 0.6 is 0 Å². The van der Waals surface area contributed by atoms with E-state index in [0.29, 0.717) is 0 Å². The molecule has 0 aliphatic heterocycles. The molecule has 158 valence electrons. The highest BCUT2D eigenvalue weighted by Gasteiger charge is 2.35. The maximum absolute atomic E-state index is 12.3. The van der Waals surface area contributed by atoms with Gasteiger partial charge in [-0.25, -0.2) is 0 Å².